The van der Waals surface area contributed by atoms with Crippen molar-refractivity contribution in [1.29, 1.82) is 0 Å². The molecule has 0 aliphatic carbocycles. The lowest BCUT2D eigenvalue weighted by Gasteiger charge is -2.15. The standard InChI is InChI=1S/C17H13ClN2O/c1-21-13-6-7-14-15(10-13)17-19-8-9-20(17)16(14)11-2-4-12(18)5-3-11/h2-10,16H,1H3. The zero-order valence-corrected chi connectivity index (χ0v) is 12.2. The van der Waals surface area contributed by atoms with Gasteiger partial charge in [-0.3, -0.25) is 0 Å². The molecule has 0 bridgehead atoms. The maximum absolute atomic E-state index is 6.00. The quantitative estimate of drug-likeness (QED) is 0.555. The Bertz CT molecular complexity index is 808. The first-order chi connectivity index (χ1) is 10.3. The number of imidazole rings is 1. The summed E-state index contributed by atoms with van der Waals surface area (Å²) in [5, 5.41) is 0.748. The third-order valence-corrected chi connectivity index (χ3v) is 4.18. The first-order valence-electron chi connectivity index (χ1n) is 6.74. The average molecular weight is 297 g/mol. The molecule has 0 saturated carbocycles. The molecule has 0 N–H and O–H groups in total. The molecule has 2 heterocycles. The predicted octanol–water partition coefficient (Wildman–Crippen LogP) is 4.16. The molecular formula is C17H13ClN2O. The van der Waals surface area contributed by atoms with Crippen molar-refractivity contribution in [3.63, 3.8) is 0 Å². The van der Waals surface area contributed by atoms with E-state index in [1.165, 1.54) is 11.1 Å². The second-order valence-electron chi connectivity index (χ2n) is 5.07. The van der Waals surface area contributed by atoms with Crippen LogP contribution in [0.25, 0.3) is 11.4 Å². The van der Waals surface area contributed by atoms with E-state index in [2.05, 4.69) is 27.8 Å². The Labute approximate surface area is 127 Å². The minimum absolute atomic E-state index is 0.140. The van der Waals surface area contributed by atoms with Crippen molar-refractivity contribution in [2.75, 3.05) is 7.11 Å². The summed E-state index contributed by atoms with van der Waals surface area (Å²) >= 11 is 6.00. The van der Waals surface area contributed by atoms with Gasteiger partial charge < -0.3 is 9.30 Å². The molecule has 1 unspecified atom stereocenters. The predicted molar refractivity (Wildman–Crippen MR) is 82.9 cm³/mol. The average Bonchev–Trinajstić information content (AvgIpc) is 3.08. The van der Waals surface area contributed by atoms with E-state index in [-0.39, 0.29) is 6.04 Å². The number of hydrogen-bond acceptors (Lipinski definition) is 2. The van der Waals surface area contributed by atoms with Gasteiger partial charge in [0.15, 0.2) is 0 Å². The Balaban J connectivity index is 1.92. The van der Waals surface area contributed by atoms with E-state index in [9.17, 15) is 0 Å². The van der Waals surface area contributed by atoms with E-state index in [0.717, 1.165) is 22.2 Å². The second-order valence-corrected chi connectivity index (χ2v) is 5.50. The monoisotopic (exact) mass is 296 g/mol. The van der Waals surface area contributed by atoms with Crippen LogP contribution >= 0.6 is 11.6 Å². The summed E-state index contributed by atoms with van der Waals surface area (Å²) in [4.78, 5) is 4.49. The van der Waals surface area contributed by atoms with Crippen LogP contribution in [0.15, 0.2) is 54.9 Å². The van der Waals surface area contributed by atoms with Crippen LogP contribution in [0.3, 0.4) is 0 Å². The van der Waals surface area contributed by atoms with Crippen molar-refractivity contribution in [2.24, 2.45) is 0 Å². The highest BCUT2D eigenvalue weighted by Gasteiger charge is 2.30. The molecule has 0 saturated heterocycles. The Kier molecular flexibility index (Phi) is 2.76. The Hall–Kier alpha value is -2.26. The van der Waals surface area contributed by atoms with Gasteiger partial charge in [0.1, 0.15) is 11.6 Å². The highest BCUT2D eigenvalue weighted by molar-refractivity contribution is 6.30. The molecule has 2 aromatic carbocycles. The molecule has 0 amide bonds. The molecule has 4 heteroatoms. The molecular weight excluding hydrogens is 284 g/mol. The van der Waals surface area contributed by atoms with Gasteiger partial charge >= 0.3 is 0 Å². The fraction of sp³-hybridized carbons (Fsp3) is 0.118. The van der Waals surface area contributed by atoms with Gasteiger partial charge in [-0.15, -0.1) is 0 Å². The summed E-state index contributed by atoms with van der Waals surface area (Å²) in [6, 6.07) is 14.3. The van der Waals surface area contributed by atoms with Gasteiger partial charge in [-0.25, -0.2) is 4.98 Å². The van der Waals surface area contributed by atoms with Crippen molar-refractivity contribution in [3.05, 3.63) is 71.0 Å². The fourth-order valence-corrected chi connectivity index (χ4v) is 3.09. The van der Waals surface area contributed by atoms with Gasteiger partial charge in [0, 0.05) is 23.0 Å². The third kappa shape index (κ3) is 1.85. The summed E-state index contributed by atoms with van der Waals surface area (Å²) in [5.74, 6) is 1.82. The molecule has 3 nitrogen and oxygen atoms in total. The van der Waals surface area contributed by atoms with Gasteiger partial charge in [0.05, 0.1) is 13.2 Å². The molecule has 1 aliphatic rings. The number of benzene rings is 2. The lowest BCUT2D eigenvalue weighted by Crippen LogP contribution is -2.06. The maximum atomic E-state index is 6.00. The van der Waals surface area contributed by atoms with Crippen molar-refractivity contribution >= 4 is 11.6 Å². The summed E-state index contributed by atoms with van der Waals surface area (Å²) in [5.41, 5.74) is 3.56. The summed E-state index contributed by atoms with van der Waals surface area (Å²) < 4.78 is 7.52. The number of fused-ring (bicyclic) bond motifs is 3. The second kappa shape index (κ2) is 4.64. The first-order valence-corrected chi connectivity index (χ1v) is 7.12. The van der Waals surface area contributed by atoms with E-state index in [1.54, 1.807) is 7.11 Å². The van der Waals surface area contributed by atoms with Crippen LogP contribution in [0.4, 0.5) is 0 Å². The molecule has 104 valence electrons. The van der Waals surface area contributed by atoms with Gasteiger partial charge in [0.25, 0.3) is 0 Å². The van der Waals surface area contributed by atoms with Crippen molar-refractivity contribution < 1.29 is 4.74 Å². The van der Waals surface area contributed by atoms with Gasteiger partial charge in [-0.1, -0.05) is 29.8 Å². The minimum atomic E-state index is 0.140. The van der Waals surface area contributed by atoms with E-state index in [4.69, 9.17) is 16.3 Å². The van der Waals surface area contributed by atoms with E-state index in [1.807, 2.05) is 36.7 Å². The fourth-order valence-electron chi connectivity index (χ4n) is 2.96. The smallest absolute Gasteiger partial charge is 0.141 e. The molecule has 1 aliphatic heterocycles. The molecule has 1 atom stereocenters. The molecule has 1 aromatic heterocycles. The zero-order valence-electron chi connectivity index (χ0n) is 11.5. The lowest BCUT2D eigenvalue weighted by atomic mass is 9.97. The maximum Gasteiger partial charge on any atom is 0.141 e. The van der Waals surface area contributed by atoms with E-state index < -0.39 is 0 Å². The zero-order chi connectivity index (χ0) is 14.4. The van der Waals surface area contributed by atoms with Gasteiger partial charge in [-0.05, 0) is 35.4 Å². The Morgan fingerprint density at radius 1 is 1.14 bits per heavy atom. The largest absolute Gasteiger partial charge is 0.497 e. The molecule has 3 aromatic rings. The van der Waals surface area contributed by atoms with E-state index in [0.29, 0.717) is 0 Å². The van der Waals surface area contributed by atoms with Crippen LogP contribution in [0.5, 0.6) is 5.75 Å². The Morgan fingerprint density at radius 3 is 2.71 bits per heavy atom. The van der Waals surface area contributed by atoms with Crippen molar-refractivity contribution in [3.8, 4) is 17.1 Å². The van der Waals surface area contributed by atoms with Crippen LogP contribution in [-0.2, 0) is 0 Å². The van der Waals surface area contributed by atoms with Crippen LogP contribution in [-0.4, -0.2) is 16.7 Å². The van der Waals surface area contributed by atoms with Gasteiger partial charge in [-0.2, -0.15) is 0 Å². The van der Waals surface area contributed by atoms with Crippen LogP contribution in [0, 0.1) is 0 Å². The Morgan fingerprint density at radius 2 is 1.95 bits per heavy atom. The third-order valence-electron chi connectivity index (χ3n) is 3.93. The van der Waals surface area contributed by atoms with Crippen LogP contribution in [0.1, 0.15) is 17.2 Å². The van der Waals surface area contributed by atoms with Crippen LogP contribution in [0.2, 0.25) is 5.02 Å². The molecule has 0 fully saturated rings. The normalized spacial score (nSPS) is 15.6. The molecule has 0 radical (unpaired) electrons. The first kappa shape index (κ1) is 12.5. The number of ether oxygens (including phenoxy) is 1. The van der Waals surface area contributed by atoms with E-state index >= 15 is 0 Å². The van der Waals surface area contributed by atoms with Crippen molar-refractivity contribution in [1.82, 2.24) is 9.55 Å². The summed E-state index contributed by atoms with van der Waals surface area (Å²) in [6.45, 7) is 0. The number of halogens is 1. The SMILES string of the molecule is COc1ccc2c(c1)-c1nccn1C2c1ccc(Cl)cc1. The highest BCUT2D eigenvalue weighted by Crippen LogP contribution is 2.43. The number of hydrogen-bond donors (Lipinski definition) is 0. The summed E-state index contributed by atoms with van der Waals surface area (Å²) in [7, 11) is 1.68. The molecule has 0 spiro atoms. The minimum Gasteiger partial charge on any atom is -0.497 e. The highest BCUT2D eigenvalue weighted by atomic mass is 35.5. The van der Waals surface area contributed by atoms with Crippen molar-refractivity contribution in [2.45, 2.75) is 6.04 Å². The topological polar surface area (TPSA) is 27.1 Å². The number of rotatable bonds is 2. The molecule has 4 rings (SSSR count). The number of aromatic nitrogens is 2. The van der Waals surface area contributed by atoms with Gasteiger partial charge in [0.2, 0.25) is 0 Å². The lowest BCUT2D eigenvalue weighted by molar-refractivity contribution is 0.415. The molecule has 21 heavy (non-hydrogen) atoms. The number of methoxy groups -OCH3 is 1. The summed E-state index contributed by atoms with van der Waals surface area (Å²) in [6.07, 6.45) is 3.85. The number of nitrogens with zero attached hydrogens (tertiary/aromatic N) is 2. The van der Waals surface area contributed by atoms with Crippen LogP contribution < -0.4 is 4.74 Å².